The molecule has 3 nitrogen and oxygen atoms in total. The van der Waals surface area contributed by atoms with Crippen LogP contribution in [-0.2, 0) is 6.54 Å². The van der Waals surface area contributed by atoms with Crippen molar-refractivity contribution in [2.24, 2.45) is 0 Å². The quantitative estimate of drug-likeness (QED) is 0.717. The minimum Gasteiger partial charge on any atom is -0.337 e. The lowest BCUT2D eigenvalue weighted by molar-refractivity contribution is 0.602. The predicted octanol–water partition coefficient (Wildman–Crippen LogP) is 3.14. The van der Waals surface area contributed by atoms with Crippen molar-refractivity contribution in [3.05, 3.63) is 37.1 Å². The Balaban J connectivity index is 2.02. The third-order valence-electron chi connectivity index (χ3n) is 2.63. The van der Waals surface area contributed by atoms with Gasteiger partial charge in [-0.15, -0.1) is 0 Å². The lowest BCUT2D eigenvalue weighted by atomic mass is 10.2. The van der Waals surface area contributed by atoms with E-state index in [9.17, 15) is 0 Å². The van der Waals surface area contributed by atoms with Gasteiger partial charge in [-0.25, -0.2) is 4.98 Å². The van der Waals surface area contributed by atoms with Crippen molar-refractivity contribution in [1.82, 2.24) is 14.5 Å². The summed E-state index contributed by atoms with van der Waals surface area (Å²) in [6.45, 7) is 3.28. The van der Waals surface area contributed by atoms with Gasteiger partial charge in [-0.1, -0.05) is 19.8 Å². The number of pyridine rings is 1. The fraction of sp³-hybridized carbons (Fsp3) is 0.385. The summed E-state index contributed by atoms with van der Waals surface area (Å²) in [7, 11) is 0. The number of rotatable bonds is 5. The fourth-order valence-electron chi connectivity index (χ4n) is 1.70. The van der Waals surface area contributed by atoms with Gasteiger partial charge in [-0.05, 0) is 18.6 Å². The molecule has 0 N–H and O–H groups in total. The lowest BCUT2D eigenvalue weighted by Crippen LogP contribution is -1.93. The smallest absolute Gasteiger partial charge is 0.0953 e. The Kier molecular flexibility index (Phi) is 3.70. The number of hydrogen-bond donors (Lipinski definition) is 0. The molecule has 0 aliphatic carbocycles. The Bertz CT molecular complexity index is 420. The molecule has 0 saturated heterocycles. The first kappa shape index (κ1) is 10.9. The van der Waals surface area contributed by atoms with E-state index in [-0.39, 0.29) is 0 Å². The van der Waals surface area contributed by atoms with Crippen LogP contribution in [0.5, 0.6) is 0 Å². The zero-order valence-electron chi connectivity index (χ0n) is 9.63. The van der Waals surface area contributed by atoms with E-state index in [1.165, 1.54) is 19.3 Å². The standard InChI is InChI=1S/C13H17N3/c1-2-3-4-9-16-10-13(15-11-16)12-5-7-14-8-6-12/h5-8,10-11H,2-4,9H2,1H3. The molecule has 0 aromatic carbocycles. The molecule has 2 aromatic rings. The minimum absolute atomic E-state index is 1.03. The van der Waals surface area contributed by atoms with Crippen LogP contribution in [0, 0.1) is 0 Å². The van der Waals surface area contributed by atoms with Crippen LogP contribution in [0.1, 0.15) is 26.2 Å². The largest absolute Gasteiger partial charge is 0.337 e. The van der Waals surface area contributed by atoms with Gasteiger partial charge in [0.05, 0.1) is 12.0 Å². The Morgan fingerprint density at radius 1 is 1.19 bits per heavy atom. The molecule has 0 bridgehead atoms. The first-order chi connectivity index (χ1) is 7.90. The van der Waals surface area contributed by atoms with Gasteiger partial charge in [0.1, 0.15) is 0 Å². The number of nitrogens with zero attached hydrogens (tertiary/aromatic N) is 3. The molecular weight excluding hydrogens is 198 g/mol. The van der Waals surface area contributed by atoms with Crippen LogP contribution in [0.4, 0.5) is 0 Å². The number of imidazole rings is 1. The molecule has 84 valence electrons. The normalized spacial score (nSPS) is 10.6. The summed E-state index contributed by atoms with van der Waals surface area (Å²) in [5.41, 5.74) is 2.16. The van der Waals surface area contributed by atoms with E-state index < -0.39 is 0 Å². The molecule has 0 fully saturated rings. The molecule has 2 aromatic heterocycles. The summed E-state index contributed by atoms with van der Waals surface area (Å²) in [6, 6.07) is 3.97. The van der Waals surface area contributed by atoms with Gasteiger partial charge < -0.3 is 4.57 Å². The molecule has 3 heteroatoms. The summed E-state index contributed by atoms with van der Waals surface area (Å²) in [5, 5.41) is 0. The van der Waals surface area contributed by atoms with Crippen molar-refractivity contribution in [2.45, 2.75) is 32.7 Å². The molecule has 0 unspecified atom stereocenters. The van der Waals surface area contributed by atoms with Crippen LogP contribution in [0.15, 0.2) is 37.1 Å². The molecule has 16 heavy (non-hydrogen) atoms. The first-order valence-electron chi connectivity index (χ1n) is 5.82. The van der Waals surface area contributed by atoms with E-state index >= 15 is 0 Å². The third-order valence-corrected chi connectivity index (χ3v) is 2.63. The lowest BCUT2D eigenvalue weighted by Gasteiger charge is -1.99. The second kappa shape index (κ2) is 5.45. The second-order valence-corrected chi connectivity index (χ2v) is 3.94. The maximum atomic E-state index is 4.40. The Hall–Kier alpha value is -1.64. The molecule has 0 spiro atoms. The summed E-state index contributed by atoms with van der Waals surface area (Å²) < 4.78 is 2.16. The van der Waals surface area contributed by atoms with Gasteiger partial charge in [0.15, 0.2) is 0 Å². The van der Waals surface area contributed by atoms with E-state index in [2.05, 4.69) is 27.7 Å². The molecule has 0 aliphatic heterocycles. The van der Waals surface area contributed by atoms with Gasteiger partial charge in [-0.2, -0.15) is 0 Å². The SMILES string of the molecule is CCCCCn1cnc(-c2ccncc2)c1. The van der Waals surface area contributed by atoms with Crippen molar-refractivity contribution < 1.29 is 0 Å². The second-order valence-electron chi connectivity index (χ2n) is 3.94. The van der Waals surface area contributed by atoms with Crippen molar-refractivity contribution in [1.29, 1.82) is 0 Å². The van der Waals surface area contributed by atoms with Crippen molar-refractivity contribution in [3.8, 4) is 11.3 Å². The van der Waals surface area contributed by atoms with Crippen LogP contribution in [0.2, 0.25) is 0 Å². The number of aromatic nitrogens is 3. The number of hydrogen-bond acceptors (Lipinski definition) is 2. The first-order valence-corrected chi connectivity index (χ1v) is 5.82. The van der Waals surface area contributed by atoms with Gasteiger partial charge in [-0.3, -0.25) is 4.98 Å². The van der Waals surface area contributed by atoms with Crippen LogP contribution >= 0.6 is 0 Å². The van der Waals surface area contributed by atoms with E-state index in [1.54, 1.807) is 12.4 Å². The average Bonchev–Trinajstić information content (AvgIpc) is 2.79. The summed E-state index contributed by atoms with van der Waals surface area (Å²) in [6.07, 6.45) is 11.4. The highest BCUT2D eigenvalue weighted by atomic mass is 15.0. The van der Waals surface area contributed by atoms with E-state index in [4.69, 9.17) is 0 Å². The molecule has 2 rings (SSSR count). The number of unbranched alkanes of at least 4 members (excludes halogenated alkanes) is 2. The van der Waals surface area contributed by atoms with Crippen LogP contribution < -0.4 is 0 Å². The van der Waals surface area contributed by atoms with Gasteiger partial charge in [0.2, 0.25) is 0 Å². The van der Waals surface area contributed by atoms with Gasteiger partial charge >= 0.3 is 0 Å². The molecule has 0 saturated carbocycles. The third kappa shape index (κ3) is 2.69. The van der Waals surface area contributed by atoms with Crippen molar-refractivity contribution in [3.63, 3.8) is 0 Å². The zero-order valence-corrected chi connectivity index (χ0v) is 9.63. The topological polar surface area (TPSA) is 30.7 Å². The molecule has 0 aliphatic rings. The zero-order chi connectivity index (χ0) is 11.2. The highest BCUT2D eigenvalue weighted by Crippen LogP contribution is 2.15. The van der Waals surface area contributed by atoms with E-state index in [1.807, 2.05) is 18.5 Å². The predicted molar refractivity (Wildman–Crippen MR) is 65.0 cm³/mol. The molecule has 0 amide bonds. The Labute approximate surface area is 96.2 Å². The highest BCUT2D eigenvalue weighted by molar-refractivity contribution is 5.56. The average molecular weight is 215 g/mol. The monoisotopic (exact) mass is 215 g/mol. The minimum atomic E-state index is 1.03. The Morgan fingerprint density at radius 3 is 2.75 bits per heavy atom. The van der Waals surface area contributed by atoms with Crippen LogP contribution in [0.25, 0.3) is 11.3 Å². The maximum absolute atomic E-state index is 4.40. The summed E-state index contributed by atoms with van der Waals surface area (Å²) in [5.74, 6) is 0. The van der Waals surface area contributed by atoms with Crippen molar-refractivity contribution >= 4 is 0 Å². The highest BCUT2D eigenvalue weighted by Gasteiger charge is 2.00. The number of aryl methyl sites for hydroxylation is 1. The molecule has 0 radical (unpaired) electrons. The van der Waals surface area contributed by atoms with Crippen LogP contribution in [0.3, 0.4) is 0 Å². The van der Waals surface area contributed by atoms with E-state index in [0.29, 0.717) is 0 Å². The molecule has 0 atom stereocenters. The van der Waals surface area contributed by atoms with Crippen LogP contribution in [-0.4, -0.2) is 14.5 Å². The molecule has 2 heterocycles. The molecular formula is C13H17N3. The maximum Gasteiger partial charge on any atom is 0.0953 e. The van der Waals surface area contributed by atoms with Gasteiger partial charge in [0, 0.05) is 30.7 Å². The van der Waals surface area contributed by atoms with E-state index in [0.717, 1.165) is 17.8 Å². The summed E-state index contributed by atoms with van der Waals surface area (Å²) >= 11 is 0. The Morgan fingerprint density at radius 2 is 2.00 bits per heavy atom. The summed E-state index contributed by atoms with van der Waals surface area (Å²) in [4.78, 5) is 8.40. The fourth-order valence-corrected chi connectivity index (χ4v) is 1.70. The van der Waals surface area contributed by atoms with Crippen molar-refractivity contribution in [2.75, 3.05) is 0 Å². The van der Waals surface area contributed by atoms with Gasteiger partial charge in [0.25, 0.3) is 0 Å².